The number of nitrogens with one attached hydrogen (secondary N) is 2. The number of ether oxygens (including phenoxy) is 1. The van der Waals surface area contributed by atoms with Gasteiger partial charge in [0.1, 0.15) is 12.1 Å². The summed E-state index contributed by atoms with van der Waals surface area (Å²) in [6, 6.07) is 0.702. The Morgan fingerprint density at radius 3 is 2.67 bits per heavy atom. The molecule has 0 spiro atoms. The van der Waals surface area contributed by atoms with Crippen molar-refractivity contribution in [2.75, 3.05) is 32.7 Å². The molecule has 1 rings (SSSR count). The van der Waals surface area contributed by atoms with Crippen molar-refractivity contribution in [2.24, 2.45) is 4.99 Å². The number of aliphatic imine (C=N–C) groups is 1. The number of carbonyl (C=O) groups is 1. The van der Waals surface area contributed by atoms with Gasteiger partial charge in [-0.2, -0.15) is 0 Å². The third-order valence-corrected chi connectivity index (χ3v) is 3.99. The number of carbonyl (C=O) groups excluding carboxylic acids is 1. The molecule has 1 saturated heterocycles. The van der Waals surface area contributed by atoms with Gasteiger partial charge < -0.3 is 20.3 Å². The fourth-order valence-electron chi connectivity index (χ4n) is 2.84. The minimum atomic E-state index is -0.469. The molecule has 1 unspecified atom stereocenters. The molecule has 1 atom stereocenters. The van der Waals surface area contributed by atoms with Crippen LogP contribution in [-0.2, 0) is 9.53 Å². The van der Waals surface area contributed by atoms with E-state index in [-0.39, 0.29) is 12.5 Å². The summed E-state index contributed by atoms with van der Waals surface area (Å²) < 4.78 is 5.27. The van der Waals surface area contributed by atoms with E-state index >= 15 is 0 Å². The summed E-state index contributed by atoms with van der Waals surface area (Å²) in [6.45, 7) is 13.9. The molecule has 0 aromatic heterocycles. The van der Waals surface area contributed by atoms with Gasteiger partial charge in [-0.05, 0) is 60.4 Å². The first-order chi connectivity index (χ1) is 11.3. The third kappa shape index (κ3) is 9.11. The Balaban J connectivity index is 2.31. The van der Waals surface area contributed by atoms with E-state index in [0.29, 0.717) is 12.0 Å². The highest BCUT2D eigenvalue weighted by Gasteiger charge is 2.17. The average Bonchev–Trinajstić information content (AvgIpc) is 2.49. The lowest BCUT2D eigenvalue weighted by atomic mass is 10.0. The van der Waals surface area contributed by atoms with Gasteiger partial charge in [0.05, 0.1) is 0 Å². The van der Waals surface area contributed by atoms with E-state index in [9.17, 15) is 4.79 Å². The first-order valence-electron chi connectivity index (χ1n) is 9.30. The molecule has 0 aromatic carbocycles. The van der Waals surface area contributed by atoms with Gasteiger partial charge in [0.25, 0.3) is 0 Å². The fourth-order valence-corrected chi connectivity index (χ4v) is 2.84. The Morgan fingerprint density at radius 2 is 2.04 bits per heavy atom. The molecule has 0 saturated carbocycles. The van der Waals surface area contributed by atoms with Crippen LogP contribution in [-0.4, -0.2) is 61.2 Å². The van der Waals surface area contributed by atoms with Crippen LogP contribution < -0.4 is 10.6 Å². The quantitative estimate of drug-likeness (QED) is 0.322. The molecule has 0 radical (unpaired) electrons. The number of esters is 1. The smallest absolute Gasteiger partial charge is 0.328 e. The first-order valence-corrected chi connectivity index (χ1v) is 9.30. The molecule has 24 heavy (non-hydrogen) atoms. The number of hydrogen-bond donors (Lipinski definition) is 2. The molecule has 0 bridgehead atoms. The van der Waals surface area contributed by atoms with Gasteiger partial charge in [0, 0.05) is 25.7 Å². The highest BCUT2D eigenvalue weighted by molar-refractivity contribution is 5.83. The summed E-state index contributed by atoms with van der Waals surface area (Å²) in [5, 5.41) is 6.46. The zero-order valence-corrected chi connectivity index (χ0v) is 16.2. The molecule has 2 N–H and O–H groups in total. The van der Waals surface area contributed by atoms with Crippen LogP contribution in [0.4, 0.5) is 0 Å². The summed E-state index contributed by atoms with van der Waals surface area (Å²) in [5.74, 6) is 0.372. The highest BCUT2D eigenvalue weighted by Crippen LogP contribution is 2.16. The van der Waals surface area contributed by atoms with Crippen molar-refractivity contribution >= 4 is 11.9 Å². The van der Waals surface area contributed by atoms with Crippen molar-refractivity contribution in [3.63, 3.8) is 0 Å². The largest absolute Gasteiger partial charge is 0.459 e. The zero-order valence-electron chi connectivity index (χ0n) is 16.2. The van der Waals surface area contributed by atoms with E-state index in [1.165, 1.54) is 25.8 Å². The molecule has 1 fully saturated rings. The van der Waals surface area contributed by atoms with Gasteiger partial charge in [-0.25, -0.2) is 4.99 Å². The average molecular weight is 341 g/mol. The van der Waals surface area contributed by atoms with Crippen molar-refractivity contribution in [2.45, 2.75) is 71.9 Å². The predicted molar refractivity (Wildman–Crippen MR) is 99.3 cm³/mol. The molecule has 140 valence electrons. The Labute approximate surface area is 147 Å². The van der Waals surface area contributed by atoms with Gasteiger partial charge in [0.2, 0.25) is 0 Å². The maximum absolute atomic E-state index is 11.7. The molecule has 1 aliphatic heterocycles. The topological polar surface area (TPSA) is 66.0 Å². The second-order valence-corrected chi connectivity index (χ2v) is 7.44. The van der Waals surface area contributed by atoms with Gasteiger partial charge in [-0.3, -0.25) is 4.79 Å². The van der Waals surface area contributed by atoms with Crippen LogP contribution in [0.15, 0.2) is 4.99 Å². The number of hydrogen-bond acceptors (Lipinski definition) is 4. The molecule has 1 heterocycles. The zero-order chi connectivity index (χ0) is 18.0. The Bertz CT molecular complexity index is 404. The van der Waals surface area contributed by atoms with Crippen LogP contribution in [0.5, 0.6) is 0 Å². The minimum Gasteiger partial charge on any atom is -0.459 e. The maximum atomic E-state index is 11.7. The summed E-state index contributed by atoms with van der Waals surface area (Å²) in [6.07, 6.45) is 5.06. The standard InChI is InChI=1S/C18H36N4O2/c1-6-19-17(21-14-16(23)24-18(3,4)5)20-11-9-13-22-12-8-7-10-15(22)2/h15H,6-14H2,1-5H3,(H2,19,20,21). The second-order valence-electron chi connectivity index (χ2n) is 7.44. The number of piperidine rings is 1. The normalized spacial score (nSPS) is 19.9. The van der Waals surface area contributed by atoms with Crippen LogP contribution in [0.3, 0.4) is 0 Å². The van der Waals surface area contributed by atoms with Crippen molar-refractivity contribution < 1.29 is 9.53 Å². The predicted octanol–water partition coefficient (Wildman–Crippen LogP) is 2.15. The molecular weight excluding hydrogens is 304 g/mol. The van der Waals surface area contributed by atoms with Gasteiger partial charge in [0.15, 0.2) is 5.96 Å². The molecule has 0 amide bonds. The lowest BCUT2D eigenvalue weighted by Crippen LogP contribution is -2.41. The van der Waals surface area contributed by atoms with Crippen LogP contribution in [0.25, 0.3) is 0 Å². The number of nitrogens with zero attached hydrogens (tertiary/aromatic N) is 2. The Morgan fingerprint density at radius 1 is 1.29 bits per heavy atom. The minimum absolute atomic E-state index is 0.0375. The van der Waals surface area contributed by atoms with E-state index in [4.69, 9.17) is 4.74 Å². The number of guanidine groups is 1. The van der Waals surface area contributed by atoms with Crippen LogP contribution in [0.1, 0.15) is 60.3 Å². The molecule has 6 heteroatoms. The maximum Gasteiger partial charge on any atom is 0.328 e. The van der Waals surface area contributed by atoms with E-state index in [1.807, 2.05) is 27.7 Å². The summed E-state index contributed by atoms with van der Waals surface area (Å²) in [4.78, 5) is 18.6. The first kappa shape index (κ1) is 20.7. The van der Waals surface area contributed by atoms with Gasteiger partial charge >= 0.3 is 5.97 Å². The van der Waals surface area contributed by atoms with Crippen molar-refractivity contribution in [3.8, 4) is 0 Å². The lowest BCUT2D eigenvalue weighted by molar-refractivity contribution is -0.152. The van der Waals surface area contributed by atoms with Gasteiger partial charge in [-0.1, -0.05) is 6.42 Å². The van der Waals surface area contributed by atoms with Crippen molar-refractivity contribution in [3.05, 3.63) is 0 Å². The summed E-state index contributed by atoms with van der Waals surface area (Å²) in [7, 11) is 0. The number of rotatable bonds is 7. The fraction of sp³-hybridized carbons (Fsp3) is 0.889. The third-order valence-electron chi connectivity index (χ3n) is 3.99. The molecule has 6 nitrogen and oxygen atoms in total. The van der Waals surface area contributed by atoms with E-state index in [0.717, 1.165) is 26.1 Å². The molecule has 0 aliphatic carbocycles. The van der Waals surface area contributed by atoms with Crippen molar-refractivity contribution in [1.82, 2.24) is 15.5 Å². The lowest BCUT2D eigenvalue weighted by Gasteiger charge is -2.33. The Kier molecular flexibility index (Phi) is 9.11. The molecular formula is C18H36N4O2. The summed E-state index contributed by atoms with van der Waals surface area (Å²) in [5.41, 5.74) is -0.469. The number of likely N-dealkylation sites (tertiary alicyclic amines) is 1. The van der Waals surface area contributed by atoms with Gasteiger partial charge in [-0.15, -0.1) is 0 Å². The van der Waals surface area contributed by atoms with E-state index < -0.39 is 5.60 Å². The van der Waals surface area contributed by atoms with Crippen LogP contribution in [0.2, 0.25) is 0 Å². The highest BCUT2D eigenvalue weighted by atomic mass is 16.6. The molecule has 0 aromatic rings. The SMILES string of the molecule is CCNC(=NCC(=O)OC(C)(C)C)NCCCN1CCCCC1C. The van der Waals surface area contributed by atoms with Crippen LogP contribution >= 0.6 is 0 Å². The Hall–Kier alpha value is -1.30. The van der Waals surface area contributed by atoms with E-state index in [2.05, 4.69) is 27.4 Å². The van der Waals surface area contributed by atoms with E-state index in [1.54, 1.807) is 0 Å². The molecule has 1 aliphatic rings. The van der Waals surface area contributed by atoms with Crippen LogP contribution in [0, 0.1) is 0 Å². The van der Waals surface area contributed by atoms with Crippen molar-refractivity contribution in [1.29, 1.82) is 0 Å². The summed E-state index contributed by atoms with van der Waals surface area (Å²) >= 11 is 0. The second kappa shape index (κ2) is 10.5. The monoisotopic (exact) mass is 340 g/mol.